The fourth-order valence-corrected chi connectivity index (χ4v) is 2.40. The second kappa shape index (κ2) is 8.37. The van der Waals surface area contributed by atoms with Gasteiger partial charge in [0.2, 0.25) is 5.91 Å². The molecule has 0 bridgehead atoms. The molecule has 1 unspecified atom stereocenters. The zero-order valence-corrected chi connectivity index (χ0v) is 14.2. The van der Waals surface area contributed by atoms with Crippen LogP contribution in [0.1, 0.15) is 45.2 Å². The van der Waals surface area contributed by atoms with Crippen LogP contribution in [0, 0.1) is 5.41 Å². The number of nitrogens with one attached hydrogen (secondary N) is 1. The molecular weight excluding hydrogens is 321 g/mol. The van der Waals surface area contributed by atoms with Gasteiger partial charge < -0.3 is 15.8 Å². The third-order valence-electron chi connectivity index (χ3n) is 4.36. The van der Waals surface area contributed by atoms with Crippen molar-refractivity contribution in [2.24, 2.45) is 11.1 Å². The van der Waals surface area contributed by atoms with Crippen LogP contribution < -0.4 is 15.8 Å². The van der Waals surface area contributed by atoms with Gasteiger partial charge in [-0.2, -0.15) is 13.2 Å². The molecule has 0 saturated carbocycles. The van der Waals surface area contributed by atoms with E-state index < -0.39 is 18.2 Å². The van der Waals surface area contributed by atoms with Crippen LogP contribution in [0.5, 0.6) is 5.75 Å². The third kappa shape index (κ3) is 5.40. The number of nitrogens with two attached hydrogens (primary N) is 1. The molecule has 0 saturated heterocycles. The standard InChI is InChI=1S/C17H25F3N2O2/c1-4-16(5-2,10-21)15(23)22-12(3)13-6-8-14(9-7-13)24-11-17(18,19)20/h6-9,12H,4-5,10-11,21H2,1-3H3,(H,22,23). The predicted molar refractivity (Wildman–Crippen MR) is 86.6 cm³/mol. The minimum Gasteiger partial charge on any atom is -0.484 e. The second-order valence-electron chi connectivity index (χ2n) is 5.86. The van der Waals surface area contributed by atoms with Gasteiger partial charge in [0.15, 0.2) is 6.61 Å². The van der Waals surface area contributed by atoms with E-state index in [1.807, 2.05) is 20.8 Å². The smallest absolute Gasteiger partial charge is 0.422 e. The maximum absolute atomic E-state index is 12.5. The molecule has 1 aromatic rings. The lowest BCUT2D eigenvalue weighted by Gasteiger charge is -2.30. The number of benzene rings is 1. The van der Waals surface area contributed by atoms with E-state index in [4.69, 9.17) is 5.73 Å². The SMILES string of the molecule is CCC(CC)(CN)C(=O)NC(C)c1ccc(OCC(F)(F)F)cc1. The molecule has 0 aliphatic heterocycles. The van der Waals surface area contributed by atoms with Gasteiger partial charge in [-0.1, -0.05) is 26.0 Å². The van der Waals surface area contributed by atoms with Crippen molar-refractivity contribution < 1.29 is 22.7 Å². The minimum atomic E-state index is -4.37. The molecule has 0 fully saturated rings. The Morgan fingerprint density at radius 2 is 1.75 bits per heavy atom. The van der Waals surface area contributed by atoms with Gasteiger partial charge in [0.05, 0.1) is 11.5 Å². The second-order valence-corrected chi connectivity index (χ2v) is 5.86. The third-order valence-corrected chi connectivity index (χ3v) is 4.36. The van der Waals surface area contributed by atoms with Gasteiger partial charge in [0.1, 0.15) is 5.75 Å². The highest BCUT2D eigenvalue weighted by Crippen LogP contribution is 2.27. The molecule has 1 atom stereocenters. The maximum Gasteiger partial charge on any atom is 0.422 e. The van der Waals surface area contributed by atoms with Gasteiger partial charge in [-0.25, -0.2) is 0 Å². The van der Waals surface area contributed by atoms with Crippen molar-refractivity contribution in [3.05, 3.63) is 29.8 Å². The highest BCUT2D eigenvalue weighted by atomic mass is 19.4. The number of rotatable bonds is 8. The molecule has 1 aromatic carbocycles. The highest BCUT2D eigenvalue weighted by molar-refractivity contribution is 5.83. The van der Waals surface area contributed by atoms with Crippen molar-refractivity contribution in [1.29, 1.82) is 0 Å². The van der Waals surface area contributed by atoms with Crippen LogP contribution in [0.25, 0.3) is 0 Å². The molecule has 7 heteroatoms. The largest absolute Gasteiger partial charge is 0.484 e. The Labute approximate surface area is 140 Å². The summed E-state index contributed by atoms with van der Waals surface area (Å²) in [7, 11) is 0. The first-order valence-corrected chi connectivity index (χ1v) is 7.98. The van der Waals surface area contributed by atoms with Crippen LogP contribution in [0.4, 0.5) is 13.2 Å². The van der Waals surface area contributed by atoms with E-state index in [2.05, 4.69) is 10.1 Å². The molecule has 0 aliphatic carbocycles. The van der Waals surface area contributed by atoms with Crippen molar-refractivity contribution >= 4 is 5.91 Å². The lowest BCUT2D eigenvalue weighted by Crippen LogP contribution is -2.46. The van der Waals surface area contributed by atoms with Crippen LogP contribution in [0.15, 0.2) is 24.3 Å². The van der Waals surface area contributed by atoms with E-state index in [0.29, 0.717) is 12.8 Å². The Balaban J connectivity index is 2.71. The number of carbonyl (C=O) groups excluding carboxylic acids is 1. The van der Waals surface area contributed by atoms with E-state index in [1.54, 1.807) is 12.1 Å². The van der Waals surface area contributed by atoms with E-state index in [1.165, 1.54) is 12.1 Å². The Morgan fingerprint density at radius 1 is 1.21 bits per heavy atom. The van der Waals surface area contributed by atoms with Crippen LogP contribution in [-0.4, -0.2) is 25.2 Å². The topological polar surface area (TPSA) is 64.4 Å². The summed E-state index contributed by atoms with van der Waals surface area (Å²) in [5.41, 5.74) is 5.95. The average Bonchev–Trinajstić information content (AvgIpc) is 2.55. The molecule has 4 nitrogen and oxygen atoms in total. The Bertz CT molecular complexity index is 517. The summed E-state index contributed by atoms with van der Waals surface area (Å²) < 4.78 is 41.0. The number of hydrogen-bond acceptors (Lipinski definition) is 3. The summed E-state index contributed by atoms with van der Waals surface area (Å²) in [6, 6.07) is 5.91. The number of amides is 1. The monoisotopic (exact) mass is 346 g/mol. The van der Waals surface area contributed by atoms with E-state index >= 15 is 0 Å². The number of alkyl halides is 3. The normalized spacial score (nSPS) is 13.5. The Kier molecular flexibility index (Phi) is 7.08. The maximum atomic E-state index is 12.5. The summed E-state index contributed by atoms with van der Waals surface area (Å²) in [5, 5.41) is 2.93. The highest BCUT2D eigenvalue weighted by Gasteiger charge is 2.34. The van der Waals surface area contributed by atoms with Crippen molar-refractivity contribution in [2.75, 3.05) is 13.2 Å². The average molecular weight is 346 g/mol. The molecule has 0 heterocycles. The molecule has 0 spiro atoms. The van der Waals surface area contributed by atoms with Crippen LogP contribution in [-0.2, 0) is 4.79 Å². The molecule has 3 N–H and O–H groups in total. The summed E-state index contributed by atoms with van der Waals surface area (Å²) in [6.45, 7) is 4.60. The minimum absolute atomic E-state index is 0.111. The van der Waals surface area contributed by atoms with Gasteiger partial charge >= 0.3 is 6.18 Å². The molecule has 24 heavy (non-hydrogen) atoms. The molecule has 1 amide bonds. The molecule has 0 aliphatic rings. The van der Waals surface area contributed by atoms with E-state index in [0.717, 1.165) is 5.56 Å². The first-order chi connectivity index (χ1) is 11.2. The molecule has 0 aromatic heterocycles. The van der Waals surface area contributed by atoms with Gasteiger partial charge in [0.25, 0.3) is 0 Å². The first-order valence-electron chi connectivity index (χ1n) is 7.98. The molecule has 136 valence electrons. The van der Waals surface area contributed by atoms with Crippen LogP contribution in [0.2, 0.25) is 0 Å². The van der Waals surface area contributed by atoms with Gasteiger partial charge in [-0.3, -0.25) is 4.79 Å². The number of ether oxygens (including phenoxy) is 1. The first kappa shape index (κ1) is 20.3. The zero-order chi connectivity index (χ0) is 18.4. The lowest BCUT2D eigenvalue weighted by molar-refractivity contribution is -0.153. The number of halogens is 3. The Morgan fingerprint density at radius 3 is 2.17 bits per heavy atom. The zero-order valence-electron chi connectivity index (χ0n) is 14.2. The molecule has 0 radical (unpaired) electrons. The van der Waals surface area contributed by atoms with Crippen molar-refractivity contribution in [3.8, 4) is 5.75 Å². The summed E-state index contributed by atoms with van der Waals surface area (Å²) >= 11 is 0. The fourth-order valence-electron chi connectivity index (χ4n) is 2.40. The summed E-state index contributed by atoms with van der Waals surface area (Å²) in [6.07, 6.45) is -3.09. The number of hydrogen-bond donors (Lipinski definition) is 2. The van der Waals surface area contributed by atoms with Crippen LogP contribution >= 0.6 is 0 Å². The Hall–Kier alpha value is -1.76. The quantitative estimate of drug-likeness (QED) is 0.756. The van der Waals surface area contributed by atoms with Gasteiger partial charge in [-0.05, 0) is 37.5 Å². The number of carbonyl (C=O) groups is 1. The predicted octanol–water partition coefficient (Wildman–Crippen LogP) is 3.57. The van der Waals surface area contributed by atoms with Gasteiger partial charge in [-0.15, -0.1) is 0 Å². The molecule has 1 rings (SSSR count). The molecular formula is C17H25F3N2O2. The lowest BCUT2D eigenvalue weighted by atomic mass is 9.81. The van der Waals surface area contributed by atoms with E-state index in [9.17, 15) is 18.0 Å². The van der Waals surface area contributed by atoms with Crippen molar-refractivity contribution in [2.45, 2.75) is 45.8 Å². The van der Waals surface area contributed by atoms with Crippen molar-refractivity contribution in [1.82, 2.24) is 5.32 Å². The summed E-state index contributed by atoms with van der Waals surface area (Å²) in [5.74, 6) is 0.0212. The summed E-state index contributed by atoms with van der Waals surface area (Å²) in [4.78, 5) is 12.5. The van der Waals surface area contributed by atoms with Crippen molar-refractivity contribution in [3.63, 3.8) is 0 Å². The fraction of sp³-hybridized carbons (Fsp3) is 0.588. The van der Waals surface area contributed by atoms with Gasteiger partial charge in [0, 0.05) is 6.54 Å². The van der Waals surface area contributed by atoms with Crippen LogP contribution in [0.3, 0.4) is 0 Å². The van der Waals surface area contributed by atoms with E-state index in [-0.39, 0.29) is 24.2 Å².